The van der Waals surface area contributed by atoms with E-state index in [0.717, 1.165) is 5.56 Å². The third-order valence-electron chi connectivity index (χ3n) is 6.80. The van der Waals surface area contributed by atoms with Crippen LogP contribution in [-0.2, 0) is 31.0 Å². The minimum absolute atomic E-state index is 0.00192. The molecular weight excluding hydrogens is 528 g/mol. The molecule has 0 radical (unpaired) electrons. The number of carbonyl (C=O) groups excluding carboxylic acids is 2. The first-order valence-corrected chi connectivity index (χ1v) is 15.3. The molecule has 2 aliphatic heterocycles. The van der Waals surface area contributed by atoms with Gasteiger partial charge in [0.15, 0.2) is 19.7 Å². The molecule has 0 bridgehead atoms. The molecule has 5 rings (SSSR count). The Morgan fingerprint density at radius 2 is 1.42 bits per heavy atom. The molecule has 3 aromatic rings. The smallest absolute Gasteiger partial charge is 0.410 e. The Morgan fingerprint density at radius 3 is 2.08 bits per heavy atom. The number of nitrogens with zero attached hydrogens (tertiary/aromatic N) is 2. The van der Waals surface area contributed by atoms with Crippen molar-refractivity contribution in [1.82, 2.24) is 9.80 Å². The summed E-state index contributed by atoms with van der Waals surface area (Å²) in [6, 6.07) is 21.2. The van der Waals surface area contributed by atoms with Crippen LogP contribution < -0.4 is 0 Å². The molecule has 198 valence electrons. The molecule has 2 heterocycles. The van der Waals surface area contributed by atoms with E-state index in [1.54, 1.807) is 18.2 Å². The second kappa shape index (κ2) is 10.2. The summed E-state index contributed by atoms with van der Waals surface area (Å²) >= 11 is 0. The third-order valence-corrected chi connectivity index (χ3v) is 10.9. The van der Waals surface area contributed by atoms with Gasteiger partial charge in [0, 0.05) is 37.3 Å². The minimum Gasteiger partial charge on any atom is -0.445 e. The molecule has 3 aromatic carbocycles. The van der Waals surface area contributed by atoms with Crippen LogP contribution in [0.5, 0.6) is 0 Å². The Morgan fingerprint density at radius 1 is 0.816 bits per heavy atom. The summed E-state index contributed by atoms with van der Waals surface area (Å²) in [4.78, 5) is 29.0. The van der Waals surface area contributed by atoms with E-state index in [1.165, 1.54) is 40.1 Å². The van der Waals surface area contributed by atoms with E-state index in [1.807, 2.05) is 30.3 Å². The van der Waals surface area contributed by atoms with E-state index in [4.69, 9.17) is 4.74 Å². The average molecular weight is 555 g/mol. The van der Waals surface area contributed by atoms with E-state index in [0.29, 0.717) is 0 Å². The van der Waals surface area contributed by atoms with Crippen LogP contribution in [0.2, 0.25) is 0 Å². The van der Waals surface area contributed by atoms with Gasteiger partial charge in [-0.25, -0.2) is 21.6 Å². The van der Waals surface area contributed by atoms with Gasteiger partial charge in [0.2, 0.25) is 0 Å². The summed E-state index contributed by atoms with van der Waals surface area (Å²) in [5.74, 6) is -1.09. The molecule has 9 nitrogen and oxygen atoms in total. The summed E-state index contributed by atoms with van der Waals surface area (Å²) < 4.78 is 58.2. The standard InChI is InChI=1S/C27H26N2O7S2/c30-26(28-14-16-29(17-15-28)27(31)36-18-20-8-3-1-4-9-20)22-12-7-13-23-25(22)24(19-37(23,32)33)38(34,35)21-10-5-2-6-11-21/h1-13,24H,14-19H2. The molecule has 1 atom stereocenters. The Labute approximate surface area is 221 Å². The van der Waals surface area contributed by atoms with Crippen LogP contribution in [0.15, 0.2) is 88.7 Å². The van der Waals surface area contributed by atoms with Gasteiger partial charge in [-0.1, -0.05) is 54.6 Å². The van der Waals surface area contributed by atoms with E-state index in [9.17, 15) is 26.4 Å². The van der Waals surface area contributed by atoms with Crippen LogP contribution in [0, 0.1) is 0 Å². The predicted molar refractivity (Wildman–Crippen MR) is 139 cm³/mol. The maximum absolute atomic E-state index is 13.6. The van der Waals surface area contributed by atoms with Gasteiger partial charge < -0.3 is 14.5 Å². The fourth-order valence-corrected chi connectivity index (χ4v) is 9.17. The monoisotopic (exact) mass is 554 g/mol. The Bertz CT molecular complexity index is 1570. The maximum Gasteiger partial charge on any atom is 0.410 e. The summed E-state index contributed by atoms with van der Waals surface area (Å²) in [6.07, 6.45) is -0.485. The zero-order valence-electron chi connectivity index (χ0n) is 20.4. The van der Waals surface area contributed by atoms with Crippen molar-refractivity contribution < 1.29 is 31.2 Å². The number of benzene rings is 3. The van der Waals surface area contributed by atoms with E-state index in [2.05, 4.69) is 0 Å². The number of hydrogen-bond acceptors (Lipinski definition) is 7. The first kappa shape index (κ1) is 25.9. The highest BCUT2D eigenvalue weighted by Gasteiger charge is 2.45. The molecule has 1 unspecified atom stereocenters. The Hall–Kier alpha value is -3.70. The van der Waals surface area contributed by atoms with Crippen molar-refractivity contribution in [3.63, 3.8) is 0 Å². The second-order valence-corrected chi connectivity index (χ2v) is 13.3. The van der Waals surface area contributed by atoms with Crippen LogP contribution in [0.25, 0.3) is 0 Å². The zero-order valence-corrected chi connectivity index (χ0v) is 22.0. The lowest BCUT2D eigenvalue weighted by Gasteiger charge is -2.34. The number of hydrogen-bond donors (Lipinski definition) is 0. The summed E-state index contributed by atoms with van der Waals surface area (Å²) in [6.45, 7) is 1.01. The van der Waals surface area contributed by atoms with Gasteiger partial charge in [-0.05, 0) is 29.8 Å². The Balaban J connectivity index is 1.34. The lowest BCUT2D eigenvalue weighted by atomic mass is 10.0. The van der Waals surface area contributed by atoms with E-state index < -0.39 is 42.7 Å². The number of fused-ring (bicyclic) bond motifs is 1. The highest BCUT2D eigenvalue weighted by atomic mass is 32.2. The van der Waals surface area contributed by atoms with Gasteiger partial charge in [0.25, 0.3) is 5.91 Å². The van der Waals surface area contributed by atoms with Crippen molar-refractivity contribution in [2.75, 3.05) is 31.9 Å². The molecule has 0 spiro atoms. The van der Waals surface area contributed by atoms with Crippen molar-refractivity contribution in [2.24, 2.45) is 0 Å². The first-order valence-electron chi connectivity index (χ1n) is 12.1. The molecule has 0 N–H and O–H groups in total. The van der Waals surface area contributed by atoms with Crippen LogP contribution in [0.4, 0.5) is 4.79 Å². The highest BCUT2D eigenvalue weighted by molar-refractivity contribution is 7.96. The van der Waals surface area contributed by atoms with Crippen molar-refractivity contribution in [3.8, 4) is 0 Å². The second-order valence-electron chi connectivity index (χ2n) is 9.16. The number of amides is 2. The van der Waals surface area contributed by atoms with Crippen molar-refractivity contribution >= 4 is 31.7 Å². The summed E-state index contributed by atoms with van der Waals surface area (Å²) in [5.41, 5.74) is 0.932. The number of piperazine rings is 1. The zero-order chi connectivity index (χ0) is 26.9. The summed E-state index contributed by atoms with van der Waals surface area (Å²) in [7, 11) is -7.98. The quantitative estimate of drug-likeness (QED) is 0.476. The van der Waals surface area contributed by atoms with Crippen LogP contribution >= 0.6 is 0 Å². The molecule has 1 saturated heterocycles. The molecule has 1 fully saturated rings. The molecule has 2 aliphatic rings. The topological polar surface area (TPSA) is 118 Å². The SMILES string of the molecule is O=C(OCc1ccccc1)N1CCN(C(=O)c2cccc3c2C(S(=O)(=O)c2ccccc2)CS3(=O)=O)CC1. The normalized spacial score (nSPS) is 18.6. The van der Waals surface area contributed by atoms with Crippen molar-refractivity contribution in [3.05, 3.63) is 95.6 Å². The Kier molecular flexibility index (Phi) is 6.97. The third kappa shape index (κ3) is 4.91. The average Bonchev–Trinajstić information content (AvgIpc) is 3.24. The van der Waals surface area contributed by atoms with Crippen LogP contribution in [-0.4, -0.2) is 70.6 Å². The van der Waals surface area contributed by atoms with Crippen LogP contribution in [0.3, 0.4) is 0 Å². The number of carbonyl (C=O) groups is 2. The maximum atomic E-state index is 13.6. The number of ether oxygens (including phenoxy) is 1. The molecule has 0 aliphatic carbocycles. The molecule has 38 heavy (non-hydrogen) atoms. The predicted octanol–water partition coefficient (Wildman–Crippen LogP) is 3.08. The van der Waals surface area contributed by atoms with Gasteiger partial charge in [-0.2, -0.15) is 0 Å². The fourth-order valence-electron chi connectivity index (χ4n) is 4.80. The summed E-state index contributed by atoms with van der Waals surface area (Å²) in [5, 5.41) is -1.39. The van der Waals surface area contributed by atoms with Crippen molar-refractivity contribution in [2.45, 2.75) is 21.6 Å². The molecule has 0 saturated carbocycles. The van der Waals surface area contributed by atoms with E-state index >= 15 is 0 Å². The highest BCUT2D eigenvalue weighted by Crippen LogP contribution is 2.43. The molecular formula is C27H26N2O7S2. The van der Waals surface area contributed by atoms with Gasteiger partial charge in [0.1, 0.15) is 11.9 Å². The minimum atomic E-state index is -4.08. The molecule has 11 heteroatoms. The van der Waals surface area contributed by atoms with Gasteiger partial charge >= 0.3 is 6.09 Å². The lowest BCUT2D eigenvalue weighted by molar-refractivity contribution is 0.0543. The molecule has 0 aromatic heterocycles. The number of sulfone groups is 2. The van der Waals surface area contributed by atoms with Crippen molar-refractivity contribution in [1.29, 1.82) is 0 Å². The largest absolute Gasteiger partial charge is 0.445 e. The number of rotatable bonds is 5. The fraction of sp³-hybridized carbons (Fsp3) is 0.259. The van der Waals surface area contributed by atoms with Gasteiger partial charge in [0.05, 0.1) is 15.5 Å². The van der Waals surface area contributed by atoms with Gasteiger partial charge in [-0.15, -0.1) is 0 Å². The first-order chi connectivity index (χ1) is 18.2. The van der Waals surface area contributed by atoms with Crippen LogP contribution in [0.1, 0.15) is 26.7 Å². The van der Waals surface area contributed by atoms with Gasteiger partial charge in [-0.3, -0.25) is 4.79 Å². The molecule has 2 amide bonds. The lowest BCUT2D eigenvalue weighted by Crippen LogP contribution is -2.50. The van der Waals surface area contributed by atoms with E-state index in [-0.39, 0.29) is 53.7 Å².